The Morgan fingerprint density at radius 2 is 2.11 bits per heavy atom. The lowest BCUT2D eigenvalue weighted by molar-refractivity contribution is 0.0682. The van der Waals surface area contributed by atoms with Crippen molar-refractivity contribution in [1.82, 2.24) is 4.98 Å². The van der Waals surface area contributed by atoms with Crippen molar-refractivity contribution in [3.63, 3.8) is 0 Å². The minimum absolute atomic E-state index is 0.0779. The van der Waals surface area contributed by atoms with Gasteiger partial charge >= 0.3 is 5.97 Å². The zero-order chi connectivity index (χ0) is 13.4. The van der Waals surface area contributed by atoms with Crippen molar-refractivity contribution in [2.45, 2.75) is 26.7 Å². The number of pyridine rings is 1. The highest BCUT2D eigenvalue weighted by Crippen LogP contribution is 2.15. The molecule has 0 aliphatic carbocycles. The smallest absolute Gasteiger partial charge is 0.341 e. The summed E-state index contributed by atoms with van der Waals surface area (Å²) in [7, 11) is 0. The zero-order valence-electron chi connectivity index (χ0n) is 10.8. The number of rotatable bonds is 8. The first kappa shape index (κ1) is 14.4. The predicted octanol–water partition coefficient (Wildman–Crippen LogP) is 2.28. The van der Waals surface area contributed by atoms with Crippen LogP contribution in [0, 0.1) is 6.92 Å². The molecule has 1 rings (SSSR count). The summed E-state index contributed by atoms with van der Waals surface area (Å²) in [6.45, 7) is 5.33. The summed E-state index contributed by atoms with van der Waals surface area (Å²) in [5, 5.41) is 8.98. The summed E-state index contributed by atoms with van der Waals surface area (Å²) in [4.78, 5) is 15.0. The second kappa shape index (κ2) is 7.66. The number of nitrogens with zero attached hydrogens (tertiary/aromatic N) is 1. The van der Waals surface area contributed by atoms with E-state index in [4.69, 9.17) is 14.6 Å². The third kappa shape index (κ3) is 4.71. The molecule has 0 aliphatic rings. The summed E-state index contributed by atoms with van der Waals surface area (Å²) in [6, 6.07) is 3.14. The van der Waals surface area contributed by atoms with Gasteiger partial charge in [-0.2, -0.15) is 0 Å². The van der Waals surface area contributed by atoms with E-state index in [0.29, 0.717) is 19.8 Å². The maximum absolute atomic E-state index is 11.0. The summed E-state index contributed by atoms with van der Waals surface area (Å²) in [5.74, 6) is -0.883. The second-order valence-corrected chi connectivity index (χ2v) is 3.92. The largest absolute Gasteiger partial charge is 0.477 e. The number of unbranched alkanes of at least 4 members (excludes halogenated alkanes) is 1. The van der Waals surface area contributed by atoms with Gasteiger partial charge in [-0.15, -0.1) is 0 Å². The van der Waals surface area contributed by atoms with Gasteiger partial charge in [-0.1, -0.05) is 13.3 Å². The van der Waals surface area contributed by atoms with Gasteiger partial charge in [0.15, 0.2) is 0 Å². The molecular weight excluding hydrogens is 234 g/mol. The molecule has 1 aromatic heterocycles. The van der Waals surface area contributed by atoms with Crippen LogP contribution in [0.15, 0.2) is 12.1 Å². The number of carboxylic acid groups (broad SMARTS) is 1. The van der Waals surface area contributed by atoms with Gasteiger partial charge in [-0.05, 0) is 25.5 Å². The van der Waals surface area contributed by atoms with Gasteiger partial charge in [0.25, 0.3) is 0 Å². The fraction of sp³-hybridized carbons (Fsp3) is 0.538. The molecule has 0 aromatic carbocycles. The average Bonchev–Trinajstić information content (AvgIpc) is 2.33. The zero-order valence-corrected chi connectivity index (χ0v) is 10.8. The van der Waals surface area contributed by atoms with E-state index in [1.807, 2.05) is 0 Å². The van der Waals surface area contributed by atoms with E-state index in [9.17, 15) is 4.79 Å². The molecule has 18 heavy (non-hydrogen) atoms. The molecule has 0 saturated heterocycles. The highest BCUT2D eigenvalue weighted by molar-refractivity contribution is 5.90. The Morgan fingerprint density at radius 1 is 1.33 bits per heavy atom. The number of carboxylic acids is 1. The quantitative estimate of drug-likeness (QED) is 0.720. The molecule has 0 fully saturated rings. The van der Waals surface area contributed by atoms with Gasteiger partial charge < -0.3 is 14.6 Å². The Morgan fingerprint density at radius 3 is 2.78 bits per heavy atom. The predicted molar refractivity (Wildman–Crippen MR) is 67.2 cm³/mol. The monoisotopic (exact) mass is 253 g/mol. The van der Waals surface area contributed by atoms with Crippen molar-refractivity contribution < 1.29 is 19.4 Å². The lowest BCUT2D eigenvalue weighted by Gasteiger charge is -2.09. The Kier molecular flexibility index (Phi) is 6.14. The molecule has 0 spiro atoms. The van der Waals surface area contributed by atoms with Crippen molar-refractivity contribution in [3.05, 3.63) is 23.4 Å². The van der Waals surface area contributed by atoms with E-state index in [1.165, 1.54) is 6.07 Å². The van der Waals surface area contributed by atoms with Crippen LogP contribution in [-0.4, -0.2) is 35.9 Å². The fourth-order valence-electron chi connectivity index (χ4n) is 1.35. The van der Waals surface area contributed by atoms with Crippen LogP contribution in [0.2, 0.25) is 0 Å². The van der Waals surface area contributed by atoms with Crippen molar-refractivity contribution in [2.24, 2.45) is 0 Å². The van der Waals surface area contributed by atoms with Crippen LogP contribution >= 0.6 is 0 Å². The highest BCUT2D eigenvalue weighted by Gasteiger charge is 2.12. The normalized spacial score (nSPS) is 10.3. The van der Waals surface area contributed by atoms with Gasteiger partial charge in [0.2, 0.25) is 5.88 Å². The van der Waals surface area contributed by atoms with Crippen LogP contribution in [-0.2, 0) is 4.74 Å². The molecule has 0 unspecified atom stereocenters. The van der Waals surface area contributed by atoms with Crippen molar-refractivity contribution in [3.8, 4) is 5.88 Å². The molecular formula is C13H19NO4. The number of aromatic nitrogens is 1. The third-order valence-corrected chi connectivity index (χ3v) is 2.34. The summed E-state index contributed by atoms with van der Waals surface area (Å²) in [5.41, 5.74) is 0.802. The Balaban J connectivity index is 2.45. The molecule has 0 radical (unpaired) electrons. The van der Waals surface area contributed by atoms with E-state index < -0.39 is 5.97 Å². The third-order valence-electron chi connectivity index (χ3n) is 2.34. The van der Waals surface area contributed by atoms with Gasteiger partial charge in [0, 0.05) is 12.3 Å². The van der Waals surface area contributed by atoms with Crippen LogP contribution < -0.4 is 4.74 Å². The Labute approximate surface area is 107 Å². The molecule has 100 valence electrons. The number of aromatic carboxylic acids is 1. The second-order valence-electron chi connectivity index (χ2n) is 3.92. The number of ether oxygens (including phenoxy) is 2. The van der Waals surface area contributed by atoms with Gasteiger partial charge in [-0.3, -0.25) is 0 Å². The highest BCUT2D eigenvalue weighted by atomic mass is 16.5. The van der Waals surface area contributed by atoms with E-state index in [0.717, 1.165) is 18.5 Å². The molecule has 0 bridgehead atoms. The van der Waals surface area contributed by atoms with Crippen LogP contribution in [0.5, 0.6) is 5.88 Å². The van der Waals surface area contributed by atoms with Crippen molar-refractivity contribution >= 4 is 5.97 Å². The van der Waals surface area contributed by atoms with Crippen molar-refractivity contribution in [1.29, 1.82) is 0 Å². The lowest BCUT2D eigenvalue weighted by Crippen LogP contribution is -2.11. The maximum Gasteiger partial charge on any atom is 0.341 e. The van der Waals surface area contributed by atoms with E-state index in [2.05, 4.69) is 11.9 Å². The van der Waals surface area contributed by atoms with Crippen LogP contribution in [0.3, 0.4) is 0 Å². The molecule has 1 N–H and O–H groups in total. The topological polar surface area (TPSA) is 68.7 Å². The standard InChI is InChI=1S/C13H19NO4/c1-3-4-7-17-8-9-18-12-11(13(15)16)6-5-10(2)14-12/h5-6H,3-4,7-9H2,1-2H3,(H,15,16). The average molecular weight is 253 g/mol. The molecule has 0 aliphatic heterocycles. The number of aryl methyl sites for hydroxylation is 1. The molecule has 0 saturated carbocycles. The minimum Gasteiger partial charge on any atom is -0.477 e. The van der Waals surface area contributed by atoms with Crippen LogP contribution in [0.1, 0.15) is 35.8 Å². The van der Waals surface area contributed by atoms with Gasteiger partial charge in [-0.25, -0.2) is 9.78 Å². The number of carbonyl (C=O) groups is 1. The SMILES string of the molecule is CCCCOCCOc1nc(C)ccc1C(=O)O. The van der Waals surface area contributed by atoms with E-state index in [-0.39, 0.29) is 11.4 Å². The van der Waals surface area contributed by atoms with Crippen molar-refractivity contribution in [2.75, 3.05) is 19.8 Å². The maximum atomic E-state index is 11.0. The summed E-state index contributed by atoms with van der Waals surface area (Å²) in [6.07, 6.45) is 2.10. The molecule has 0 amide bonds. The molecule has 0 atom stereocenters. The minimum atomic E-state index is -1.04. The van der Waals surface area contributed by atoms with E-state index >= 15 is 0 Å². The van der Waals surface area contributed by atoms with Gasteiger partial charge in [0.05, 0.1) is 6.61 Å². The van der Waals surface area contributed by atoms with Crippen LogP contribution in [0.25, 0.3) is 0 Å². The summed E-state index contributed by atoms with van der Waals surface area (Å²) >= 11 is 0. The fourth-order valence-corrected chi connectivity index (χ4v) is 1.35. The molecule has 5 nitrogen and oxygen atoms in total. The van der Waals surface area contributed by atoms with E-state index in [1.54, 1.807) is 13.0 Å². The number of hydrogen-bond acceptors (Lipinski definition) is 4. The lowest BCUT2D eigenvalue weighted by atomic mass is 10.2. The Bertz CT molecular complexity index is 393. The Hall–Kier alpha value is -1.62. The molecule has 1 heterocycles. The molecule has 1 aromatic rings. The van der Waals surface area contributed by atoms with Crippen LogP contribution in [0.4, 0.5) is 0 Å². The van der Waals surface area contributed by atoms with Gasteiger partial charge in [0.1, 0.15) is 12.2 Å². The molecule has 5 heteroatoms. The first-order valence-electron chi connectivity index (χ1n) is 6.06. The number of hydrogen-bond donors (Lipinski definition) is 1. The first-order valence-corrected chi connectivity index (χ1v) is 6.06. The summed E-state index contributed by atoms with van der Waals surface area (Å²) < 4.78 is 10.7. The first-order chi connectivity index (χ1) is 8.65.